The summed E-state index contributed by atoms with van der Waals surface area (Å²) in [7, 11) is 0. The third kappa shape index (κ3) is 3.81. The zero-order valence-corrected chi connectivity index (χ0v) is 8.34. The first-order chi connectivity index (χ1) is 7.11. The average molecular weight is 208 g/mol. The number of carboxylic acids is 1. The normalized spacial score (nSPS) is 11.8. The van der Waals surface area contributed by atoms with Crippen molar-refractivity contribution in [1.29, 1.82) is 0 Å². The first-order valence-corrected chi connectivity index (χ1v) is 4.55. The number of aldehydes is 1. The Balaban J connectivity index is 2.56. The molecule has 0 fully saturated rings. The largest absolute Gasteiger partial charge is 0.490 e. The molecule has 0 heterocycles. The van der Waals surface area contributed by atoms with Crippen LogP contribution in [0, 0.1) is 0 Å². The fourth-order valence-corrected chi connectivity index (χ4v) is 1.14. The van der Waals surface area contributed by atoms with Gasteiger partial charge in [-0.2, -0.15) is 0 Å². The topological polar surface area (TPSA) is 63.6 Å². The zero-order valence-electron chi connectivity index (χ0n) is 8.34. The molecule has 1 aromatic rings. The van der Waals surface area contributed by atoms with E-state index in [-0.39, 0.29) is 12.5 Å². The number of ether oxygens (including phenoxy) is 1. The molecule has 80 valence electrons. The monoisotopic (exact) mass is 208 g/mol. The van der Waals surface area contributed by atoms with Gasteiger partial charge in [0, 0.05) is 5.56 Å². The molecule has 0 saturated heterocycles. The fraction of sp³-hybridized carbons (Fsp3) is 0.273. The van der Waals surface area contributed by atoms with E-state index in [4.69, 9.17) is 9.84 Å². The van der Waals surface area contributed by atoms with Crippen LogP contribution in [0.4, 0.5) is 0 Å². The van der Waals surface area contributed by atoms with Crippen molar-refractivity contribution in [1.82, 2.24) is 0 Å². The maximum absolute atomic E-state index is 10.4. The van der Waals surface area contributed by atoms with Crippen LogP contribution in [0.5, 0.6) is 5.75 Å². The molecule has 1 atom stereocenters. The molecule has 0 aromatic heterocycles. The summed E-state index contributed by atoms with van der Waals surface area (Å²) in [5.74, 6) is -0.332. The van der Waals surface area contributed by atoms with Crippen molar-refractivity contribution >= 4 is 12.3 Å². The van der Waals surface area contributed by atoms with Crippen molar-refractivity contribution in [2.24, 2.45) is 0 Å². The number of carbonyl (C=O) groups is 2. The Morgan fingerprint density at radius 3 is 2.53 bits per heavy atom. The van der Waals surface area contributed by atoms with Crippen LogP contribution in [0.3, 0.4) is 0 Å². The first kappa shape index (κ1) is 11.2. The van der Waals surface area contributed by atoms with Gasteiger partial charge in [0.25, 0.3) is 0 Å². The Morgan fingerprint density at radius 1 is 1.47 bits per heavy atom. The summed E-state index contributed by atoms with van der Waals surface area (Å²) in [6, 6.07) is 6.52. The van der Waals surface area contributed by atoms with Crippen molar-refractivity contribution in [3.8, 4) is 5.75 Å². The molecule has 1 aromatic carbocycles. The van der Waals surface area contributed by atoms with Crippen LogP contribution < -0.4 is 4.74 Å². The summed E-state index contributed by atoms with van der Waals surface area (Å²) >= 11 is 0. The van der Waals surface area contributed by atoms with Crippen molar-refractivity contribution in [3.05, 3.63) is 29.8 Å². The predicted molar refractivity (Wildman–Crippen MR) is 54.2 cm³/mol. The lowest BCUT2D eigenvalue weighted by Crippen LogP contribution is -2.16. The smallest absolute Gasteiger partial charge is 0.307 e. The van der Waals surface area contributed by atoms with Gasteiger partial charge < -0.3 is 9.84 Å². The van der Waals surface area contributed by atoms with Crippen LogP contribution in [0.1, 0.15) is 23.7 Å². The highest BCUT2D eigenvalue weighted by Gasteiger charge is 2.08. The van der Waals surface area contributed by atoms with E-state index < -0.39 is 5.97 Å². The number of aliphatic carboxylic acids is 1. The third-order valence-electron chi connectivity index (χ3n) is 1.82. The Hall–Kier alpha value is -1.84. The summed E-state index contributed by atoms with van der Waals surface area (Å²) < 4.78 is 5.33. The number of hydrogen-bond acceptors (Lipinski definition) is 3. The minimum absolute atomic E-state index is 0.0462. The molecular formula is C11H12O4. The Kier molecular flexibility index (Phi) is 3.85. The van der Waals surface area contributed by atoms with Gasteiger partial charge in [-0.1, -0.05) is 0 Å². The molecule has 0 aliphatic rings. The van der Waals surface area contributed by atoms with E-state index >= 15 is 0 Å². The predicted octanol–water partition coefficient (Wildman–Crippen LogP) is 1.74. The lowest BCUT2D eigenvalue weighted by atomic mass is 10.2. The zero-order chi connectivity index (χ0) is 11.3. The quantitative estimate of drug-likeness (QED) is 0.748. The summed E-state index contributed by atoms with van der Waals surface area (Å²) in [5.41, 5.74) is 0.563. The molecule has 0 aliphatic carbocycles. The highest BCUT2D eigenvalue weighted by molar-refractivity contribution is 5.74. The van der Waals surface area contributed by atoms with Crippen LogP contribution in [0.15, 0.2) is 24.3 Å². The highest BCUT2D eigenvalue weighted by Crippen LogP contribution is 2.13. The van der Waals surface area contributed by atoms with Crippen molar-refractivity contribution in [2.75, 3.05) is 0 Å². The molecule has 4 nitrogen and oxygen atoms in total. The second kappa shape index (κ2) is 5.14. The van der Waals surface area contributed by atoms with Gasteiger partial charge in [-0.15, -0.1) is 0 Å². The molecule has 0 aliphatic heterocycles. The summed E-state index contributed by atoms with van der Waals surface area (Å²) in [6.07, 6.45) is 0.310. The molecule has 0 saturated carbocycles. The SMILES string of the molecule is CC(CC(=O)O)Oc1ccc(C=O)cc1. The van der Waals surface area contributed by atoms with Gasteiger partial charge in [-0.25, -0.2) is 0 Å². The van der Waals surface area contributed by atoms with E-state index in [1.807, 2.05) is 0 Å². The molecule has 1 rings (SSSR count). The van der Waals surface area contributed by atoms with Gasteiger partial charge in [-0.3, -0.25) is 9.59 Å². The van der Waals surface area contributed by atoms with E-state index in [2.05, 4.69) is 0 Å². The number of carbonyl (C=O) groups excluding carboxylic acids is 1. The molecule has 0 bridgehead atoms. The van der Waals surface area contributed by atoms with Crippen molar-refractivity contribution in [2.45, 2.75) is 19.4 Å². The molecule has 1 N–H and O–H groups in total. The molecule has 4 heteroatoms. The van der Waals surface area contributed by atoms with Gasteiger partial charge in [0.1, 0.15) is 18.1 Å². The number of hydrogen-bond donors (Lipinski definition) is 1. The summed E-state index contributed by atoms with van der Waals surface area (Å²) in [5, 5.41) is 8.52. The second-order valence-electron chi connectivity index (χ2n) is 3.21. The van der Waals surface area contributed by atoms with Gasteiger partial charge in [-0.05, 0) is 31.2 Å². The van der Waals surface area contributed by atoms with Crippen LogP contribution in [-0.4, -0.2) is 23.5 Å². The molecule has 1 unspecified atom stereocenters. The van der Waals surface area contributed by atoms with Crippen molar-refractivity contribution in [3.63, 3.8) is 0 Å². The van der Waals surface area contributed by atoms with Crippen LogP contribution in [0.2, 0.25) is 0 Å². The number of benzene rings is 1. The lowest BCUT2D eigenvalue weighted by Gasteiger charge is -2.12. The van der Waals surface area contributed by atoms with Gasteiger partial charge in [0.2, 0.25) is 0 Å². The standard InChI is InChI=1S/C11H12O4/c1-8(6-11(13)14)15-10-4-2-9(7-12)3-5-10/h2-5,7-8H,6H2,1H3,(H,13,14). The van der Waals surface area contributed by atoms with E-state index in [0.29, 0.717) is 11.3 Å². The van der Waals surface area contributed by atoms with E-state index in [9.17, 15) is 9.59 Å². The number of carboxylic acid groups (broad SMARTS) is 1. The van der Waals surface area contributed by atoms with Gasteiger partial charge in [0.05, 0.1) is 6.42 Å². The number of rotatable bonds is 5. The minimum atomic E-state index is -0.896. The van der Waals surface area contributed by atoms with Gasteiger partial charge >= 0.3 is 5.97 Å². The lowest BCUT2D eigenvalue weighted by molar-refractivity contribution is -0.138. The average Bonchev–Trinajstić information content (AvgIpc) is 2.17. The second-order valence-corrected chi connectivity index (χ2v) is 3.21. The maximum Gasteiger partial charge on any atom is 0.307 e. The fourth-order valence-electron chi connectivity index (χ4n) is 1.14. The molecule has 0 radical (unpaired) electrons. The molecule has 0 spiro atoms. The molecular weight excluding hydrogens is 196 g/mol. The van der Waals surface area contributed by atoms with Gasteiger partial charge in [0.15, 0.2) is 0 Å². The maximum atomic E-state index is 10.4. The Labute approximate surface area is 87.5 Å². The van der Waals surface area contributed by atoms with E-state index in [0.717, 1.165) is 6.29 Å². The first-order valence-electron chi connectivity index (χ1n) is 4.55. The minimum Gasteiger partial charge on any atom is -0.490 e. The molecule has 0 amide bonds. The Morgan fingerprint density at radius 2 is 2.07 bits per heavy atom. The summed E-state index contributed by atoms with van der Waals surface area (Å²) in [4.78, 5) is 20.7. The van der Waals surface area contributed by atoms with E-state index in [1.165, 1.54) is 0 Å². The van der Waals surface area contributed by atoms with Crippen LogP contribution >= 0.6 is 0 Å². The van der Waals surface area contributed by atoms with E-state index in [1.54, 1.807) is 31.2 Å². The van der Waals surface area contributed by atoms with Crippen LogP contribution in [0.25, 0.3) is 0 Å². The van der Waals surface area contributed by atoms with Crippen LogP contribution in [-0.2, 0) is 4.79 Å². The summed E-state index contributed by atoms with van der Waals surface area (Å²) in [6.45, 7) is 1.68. The van der Waals surface area contributed by atoms with Crippen molar-refractivity contribution < 1.29 is 19.4 Å². The third-order valence-corrected chi connectivity index (χ3v) is 1.82. The highest BCUT2D eigenvalue weighted by atomic mass is 16.5. The molecule has 15 heavy (non-hydrogen) atoms. The Bertz CT molecular complexity index is 342.